The summed E-state index contributed by atoms with van der Waals surface area (Å²) in [4.78, 5) is 0. The maximum atomic E-state index is 4.98. The molecule has 0 radical (unpaired) electrons. The first-order chi connectivity index (χ1) is 3.70. The molecular weight excluding hydrogens is 133 g/mol. The maximum absolute atomic E-state index is 4.98. The minimum atomic E-state index is -2.89. The van der Waals surface area contributed by atoms with Crippen molar-refractivity contribution in [1.29, 1.82) is 0 Å². The quantitative estimate of drug-likeness (QED) is 0.517. The molecule has 0 amide bonds. The fourth-order valence-electron chi connectivity index (χ4n) is 0.995. The Hall–Kier alpha value is 0.230. The van der Waals surface area contributed by atoms with Gasteiger partial charge < -0.3 is 0 Å². The van der Waals surface area contributed by atoms with E-state index in [4.69, 9.17) is 18.1 Å². The molecule has 0 spiro atoms. The molecule has 6 rings (SSSR count). The van der Waals surface area contributed by atoms with Gasteiger partial charge in [0.15, 0.2) is 0 Å². The van der Waals surface area contributed by atoms with Crippen LogP contribution in [0.1, 0.15) is 0 Å². The second-order valence-corrected chi connectivity index (χ2v) is 4.70. The van der Waals surface area contributed by atoms with E-state index in [0.717, 1.165) is 0 Å². The third-order valence-corrected chi connectivity index (χ3v) is 4.33. The van der Waals surface area contributed by atoms with Crippen LogP contribution in [0, 0.1) is 0 Å². The van der Waals surface area contributed by atoms with Crippen molar-refractivity contribution in [2.75, 3.05) is 7.05 Å². The molecule has 0 aromatic carbocycles. The summed E-state index contributed by atoms with van der Waals surface area (Å²) in [6.45, 7) is 0. The Labute approximate surface area is 45.2 Å². The summed E-state index contributed by atoms with van der Waals surface area (Å²) in [7, 11) is -1.21. The third kappa shape index (κ3) is 0.164. The molecule has 6 heterocycles. The Kier molecular flexibility index (Phi) is 0.320. The van der Waals surface area contributed by atoms with Crippen LogP contribution in [-0.4, -0.2) is 13.2 Å². The zero-order valence-corrected chi connectivity index (χ0v) is 4.97. The standard InChI is InChI=1S/C2H4NO4P/c1-3-8-4-2(5-8,6-8)7-8/h3H,1H3. The van der Waals surface area contributed by atoms with Crippen LogP contribution in [-0.2, 0) is 18.1 Å². The molecule has 6 aliphatic rings. The average Bonchev–Trinajstić information content (AvgIpc) is 1.21. The SMILES string of the molecule is CNP123OC(O1)(O2)O3. The summed E-state index contributed by atoms with van der Waals surface area (Å²) in [5.74, 6) is 0. The van der Waals surface area contributed by atoms with Crippen LogP contribution < -0.4 is 5.09 Å². The van der Waals surface area contributed by atoms with E-state index in [1.165, 1.54) is 0 Å². The van der Waals surface area contributed by atoms with Crippen molar-refractivity contribution in [2.45, 2.75) is 6.16 Å². The second kappa shape index (κ2) is 0.623. The van der Waals surface area contributed by atoms with Gasteiger partial charge in [-0.15, -0.1) is 0 Å². The summed E-state index contributed by atoms with van der Waals surface area (Å²) >= 11 is 0. The van der Waals surface area contributed by atoms with Gasteiger partial charge in [0.05, 0.1) is 0 Å². The molecule has 1 N–H and O–H groups in total. The number of hydrogen-bond donors (Lipinski definition) is 1. The topological polar surface area (TPSA) is 49.0 Å². The van der Waals surface area contributed by atoms with Gasteiger partial charge in [0, 0.05) is 0 Å². The molecule has 6 saturated heterocycles. The predicted octanol–water partition coefficient (Wildman–Crippen LogP) is 0.0526. The van der Waals surface area contributed by atoms with Crippen LogP contribution in [0.4, 0.5) is 0 Å². The molecule has 0 aliphatic carbocycles. The van der Waals surface area contributed by atoms with Crippen LogP contribution in [0.3, 0.4) is 0 Å². The number of hydrogen-bond acceptors (Lipinski definition) is 5. The molecular formula is C2H4NO4P. The van der Waals surface area contributed by atoms with E-state index in [1.807, 2.05) is 0 Å². The summed E-state index contributed by atoms with van der Waals surface area (Å²) in [5, 5.41) is 2.72. The third-order valence-electron chi connectivity index (χ3n) is 1.44. The van der Waals surface area contributed by atoms with Gasteiger partial charge in [-0.1, -0.05) is 0 Å². The van der Waals surface area contributed by atoms with Gasteiger partial charge in [-0.05, 0) is 0 Å². The zero-order chi connectivity index (χ0) is 5.48. The Morgan fingerprint density at radius 1 is 1.25 bits per heavy atom. The normalized spacial score (nSPS) is 62.9. The van der Waals surface area contributed by atoms with E-state index >= 15 is 0 Å². The van der Waals surface area contributed by atoms with Crippen LogP contribution in [0.25, 0.3) is 0 Å². The van der Waals surface area contributed by atoms with Gasteiger partial charge in [-0.3, -0.25) is 0 Å². The summed E-state index contributed by atoms with van der Waals surface area (Å²) in [6.07, 6.45) is -1.04. The van der Waals surface area contributed by atoms with Crippen molar-refractivity contribution in [3.63, 3.8) is 0 Å². The van der Waals surface area contributed by atoms with Crippen LogP contribution >= 0.6 is 7.66 Å². The van der Waals surface area contributed by atoms with Gasteiger partial charge in [0.2, 0.25) is 0 Å². The Bertz CT molecular complexity index is 142. The van der Waals surface area contributed by atoms with Gasteiger partial charge in [-0.2, -0.15) is 0 Å². The van der Waals surface area contributed by atoms with Gasteiger partial charge >= 0.3 is 44.1 Å². The molecule has 6 heteroatoms. The van der Waals surface area contributed by atoms with E-state index in [1.54, 1.807) is 7.05 Å². The molecule has 5 nitrogen and oxygen atoms in total. The second-order valence-electron chi connectivity index (χ2n) is 1.90. The minimum absolute atomic E-state index is 1.04. The molecule has 8 heavy (non-hydrogen) atoms. The number of nitrogens with one attached hydrogen (secondary N) is 1. The summed E-state index contributed by atoms with van der Waals surface area (Å²) in [6, 6.07) is 0. The van der Waals surface area contributed by atoms with E-state index in [9.17, 15) is 0 Å². The van der Waals surface area contributed by atoms with Crippen molar-refractivity contribution < 1.29 is 18.1 Å². The summed E-state index contributed by atoms with van der Waals surface area (Å²) in [5.41, 5.74) is 0. The van der Waals surface area contributed by atoms with Crippen molar-refractivity contribution in [3.05, 3.63) is 0 Å². The first-order valence-electron chi connectivity index (χ1n) is 2.27. The summed E-state index contributed by atoms with van der Waals surface area (Å²) < 4.78 is 19.9. The molecule has 46 valence electrons. The van der Waals surface area contributed by atoms with Crippen molar-refractivity contribution in [2.24, 2.45) is 0 Å². The fraction of sp³-hybridized carbons (Fsp3) is 1.00. The van der Waals surface area contributed by atoms with Crippen molar-refractivity contribution >= 4 is 7.66 Å². The Morgan fingerprint density at radius 3 is 1.75 bits per heavy atom. The molecule has 0 saturated carbocycles. The predicted molar refractivity (Wildman–Crippen MR) is 23.1 cm³/mol. The van der Waals surface area contributed by atoms with E-state index in [-0.39, 0.29) is 0 Å². The average molecular weight is 137 g/mol. The molecule has 0 unspecified atom stereocenters. The fourth-order valence-corrected chi connectivity index (χ4v) is 2.98. The van der Waals surface area contributed by atoms with E-state index < -0.39 is 13.8 Å². The van der Waals surface area contributed by atoms with E-state index in [2.05, 4.69) is 5.09 Å². The van der Waals surface area contributed by atoms with Crippen LogP contribution in [0.2, 0.25) is 0 Å². The number of rotatable bonds is 1. The molecule has 0 atom stereocenters. The van der Waals surface area contributed by atoms with Gasteiger partial charge in [-0.25, -0.2) is 0 Å². The van der Waals surface area contributed by atoms with Crippen LogP contribution in [0.15, 0.2) is 0 Å². The van der Waals surface area contributed by atoms with Crippen molar-refractivity contribution in [3.8, 4) is 0 Å². The van der Waals surface area contributed by atoms with E-state index in [0.29, 0.717) is 0 Å². The first kappa shape index (κ1) is 4.11. The first-order valence-corrected chi connectivity index (χ1v) is 4.18. The monoisotopic (exact) mass is 137 g/mol. The van der Waals surface area contributed by atoms with Gasteiger partial charge in [0.1, 0.15) is 0 Å². The molecule has 0 aromatic rings. The molecule has 6 aliphatic heterocycles. The van der Waals surface area contributed by atoms with Crippen molar-refractivity contribution in [1.82, 2.24) is 5.09 Å². The van der Waals surface area contributed by atoms with Gasteiger partial charge in [0.25, 0.3) is 0 Å². The van der Waals surface area contributed by atoms with Crippen LogP contribution in [0.5, 0.6) is 0 Å². The molecule has 0 aromatic heterocycles. The molecule has 6 fully saturated rings. The Balaban J connectivity index is 2.08. The Morgan fingerprint density at radius 2 is 1.75 bits per heavy atom. The molecule has 2 bridgehead atoms. The zero-order valence-electron chi connectivity index (χ0n) is 4.08.